The molecule has 0 aromatic rings. The summed E-state index contributed by atoms with van der Waals surface area (Å²) in [5.41, 5.74) is 7.17. The molecule has 0 aromatic carbocycles. The molecular weight excluding hydrogens is 208 g/mol. The van der Waals surface area contributed by atoms with Crippen molar-refractivity contribution in [3.63, 3.8) is 0 Å². The summed E-state index contributed by atoms with van der Waals surface area (Å²) in [6.45, 7) is 1.27. The molecule has 3 rings (SSSR count). The topological polar surface area (TPSA) is 29.3 Å². The van der Waals surface area contributed by atoms with E-state index in [9.17, 15) is 0 Å². The Bertz CT molecular complexity index is 285. The lowest BCUT2D eigenvalue weighted by molar-refractivity contribution is 0.0407. The summed E-state index contributed by atoms with van der Waals surface area (Å²) in [6.07, 6.45) is 10.1. The third kappa shape index (κ3) is 1.84. The molecule has 98 valence electrons. The molecule has 0 heterocycles. The average molecular weight is 236 g/mol. The normalized spacial score (nSPS) is 49.4. The highest BCUT2D eigenvalue weighted by Crippen LogP contribution is 2.61. The van der Waals surface area contributed by atoms with Crippen molar-refractivity contribution in [2.24, 2.45) is 28.9 Å². The van der Waals surface area contributed by atoms with E-state index in [-0.39, 0.29) is 0 Å². The van der Waals surface area contributed by atoms with Crippen LogP contribution in [0.1, 0.15) is 44.9 Å². The smallest absolute Gasteiger partial charge is 0.0127 e. The number of nitrogens with zero attached hydrogens (tertiary/aromatic N) is 1. The van der Waals surface area contributed by atoms with Crippen molar-refractivity contribution in [2.45, 2.75) is 51.0 Å². The maximum Gasteiger partial charge on any atom is 0.0127 e. The van der Waals surface area contributed by atoms with Crippen molar-refractivity contribution in [3.05, 3.63) is 0 Å². The Kier molecular flexibility index (Phi) is 2.99. The van der Waals surface area contributed by atoms with Crippen molar-refractivity contribution in [1.82, 2.24) is 4.90 Å². The van der Waals surface area contributed by atoms with Gasteiger partial charge in [0.05, 0.1) is 0 Å². The predicted molar refractivity (Wildman–Crippen MR) is 71.8 cm³/mol. The van der Waals surface area contributed by atoms with E-state index in [0.29, 0.717) is 11.5 Å². The SMILES string of the molecule is CN(C)C[C@@H]1CCC[C@@]2(C1)[C@H]1CC[C@H](C1)[C@H]2N. The standard InChI is InChI=1S/C15H28N2/c1-17(2)10-11-4-3-7-15(9-11)13-6-5-12(8-13)14(15)16/h11-14H,3-10,16H2,1-2H3/t11-,12-,13+,14-,15-/m1/s1. The first-order valence-electron chi connectivity index (χ1n) is 7.52. The second-order valence-corrected chi connectivity index (χ2v) is 7.25. The van der Waals surface area contributed by atoms with Crippen LogP contribution >= 0.6 is 0 Å². The lowest BCUT2D eigenvalue weighted by atomic mass is 9.59. The van der Waals surface area contributed by atoms with E-state index in [1.807, 2.05) is 0 Å². The molecule has 0 radical (unpaired) electrons. The Morgan fingerprint density at radius 2 is 2.06 bits per heavy atom. The van der Waals surface area contributed by atoms with E-state index in [1.165, 1.54) is 51.5 Å². The Hall–Kier alpha value is -0.0800. The van der Waals surface area contributed by atoms with Crippen LogP contribution in [0.2, 0.25) is 0 Å². The summed E-state index contributed by atoms with van der Waals surface area (Å²) in [4.78, 5) is 2.36. The zero-order chi connectivity index (χ0) is 12.0. The Balaban J connectivity index is 1.74. The first-order valence-corrected chi connectivity index (χ1v) is 7.52. The van der Waals surface area contributed by atoms with Gasteiger partial charge in [-0.15, -0.1) is 0 Å². The van der Waals surface area contributed by atoms with Gasteiger partial charge in [-0.05, 0) is 75.8 Å². The molecule has 3 aliphatic carbocycles. The molecule has 0 amide bonds. The first kappa shape index (κ1) is 12.0. The highest BCUT2D eigenvalue weighted by Gasteiger charge is 2.57. The van der Waals surface area contributed by atoms with E-state index < -0.39 is 0 Å². The van der Waals surface area contributed by atoms with Crippen molar-refractivity contribution in [3.8, 4) is 0 Å². The van der Waals surface area contributed by atoms with Gasteiger partial charge in [0.15, 0.2) is 0 Å². The van der Waals surface area contributed by atoms with E-state index in [4.69, 9.17) is 5.73 Å². The van der Waals surface area contributed by atoms with E-state index in [2.05, 4.69) is 19.0 Å². The van der Waals surface area contributed by atoms with Crippen molar-refractivity contribution in [2.75, 3.05) is 20.6 Å². The predicted octanol–water partition coefficient (Wildman–Crippen LogP) is 2.48. The highest BCUT2D eigenvalue weighted by atomic mass is 15.1. The number of hydrogen-bond donors (Lipinski definition) is 1. The summed E-state index contributed by atoms with van der Waals surface area (Å²) in [7, 11) is 4.42. The van der Waals surface area contributed by atoms with E-state index in [0.717, 1.165) is 17.8 Å². The zero-order valence-corrected chi connectivity index (χ0v) is 11.5. The fourth-order valence-electron chi connectivity index (χ4n) is 5.41. The molecule has 17 heavy (non-hydrogen) atoms. The van der Waals surface area contributed by atoms with Gasteiger partial charge in [-0.3, -0.25) is 0 Å². The molecule has 3 saturated carbocycles. The number of rotatable bonds is 2. The van der Waals surface area contributed by atoms with Gasteiger partial charge in [-0.1, -0.05) is 6.42 Å². The molecule has 0 unspecified atom stereocenters. The van der Waals surface area contributed by atoms with Crippen LogP contribution < -0.4 is 5.73 Å². The second-order valence-electron chi connectivity index (χ2n) is 7.25. The van der Waals surface area contributed by atoms with Gasteiger partial charge in [0.2, 0.25) is 0 Å². The van der Waals surface area contributed by atoms with Gasteiger partial charge in [0, 0.05) is 12.6 Å². The minimum Gasteiger partial charge on any atom is -0.327 e. The molecule has 3 aliphatic rings. The minimum absolute atomic E-state index is 0.534. The first-order chi connectivity index (χ1) is 8.12. The summed E-state index contributed by atoms with van der Waals surface area (Å²) in [6, 6.07) is 0.534. The fourth-order valence-corrected chi connectivity index (χ4v) is 5.41. The van der Waals surface area contributed by atoms with Crippen molar-refractivity contribution in [1.29, 1.82) is 0 Å². The Morgan fingerprint density at radius 3 is 2.71 bits per heavy atom. The molecule has 2 nitrogen and oxygen atoms in total. The number of hydrogen-bond acceptors (Lipinski definition) is 2. The highest BCUT2D eigenvalue weighted by molar-refractivity contribution is 5.10. The quantitative estimate of drug-likeness (QED) is 0.798. The summed E-state index contributed by atoms with van der Waals surface area (Å²) < 4.78 is 0. The fraction of sp³-hybridized carbons (Fsp3) is 1.00. The van der Waals surface area contributed by atoms with Crippen LogP contribution in [-0.2, 0) is 0 Å². The van der Waals surface area contributed by atoms with Crippen LogP contribution in [0.5, 0.6) is 0 Å². The van der Waals surface area contributed by atoms with Gasteiger partial charge in [0.1, 0.15) is 0 Å². The molecule has 2 heteroatoms. The summed E-state index contributed by atoms with van der Waals surface area (Å²) in [5.74, 6) is 2.76. The van der Waals surface area contributed by atoms with Crippen LogP contribution in [-0.4, -0.2) is 31.6 Å². The Labute approximate surface area is 106 Å². The molecule has 1 spiro atoms. The molecule has 0 saturated heterocycles. The van der Waals surface area contributed by atoms with Gasteiger partial charge in [-0.25, -0.2) is 0 Å². The van der Waals surface area contributed by atoms with Crippen LogP contribution in [0.15, 0.2) is 0 Å². The van der Waals surface area contributed by atoms with Crippen LogP contribution in [0, 0.1) is 23.2 Å². The molecule has 0 aromatic heterocycles. The largest absolute Gasteiger partial charge is 0.327 e. The summed E-state index contributed by atoms with van der Waals surface area (Å²) >= 11 is 0. The molecule has 5 atom stereocenters. The summed E-state index contributed by atoms with van der Waals surface area (Å²) in [5, 5.41) is 0. The maximum absolute atomic E-state index is 6.61. The third-order valence-electron chi connectivity index (χ3n) is 6.00. The zero-order valence-electron chi connectivity index (χ0n) is 11.5. The Morgan fingerprint density at radius 1 is 1.24 bits per heavy atom. The van der Waals surface area contributed by atoms with Gasteiger partial charge >= 0.3 is 0 Å². The minimum atomic E-state index is 0.534. The van der Waals surface area contributed by atoms with Crippen molar-refractivity contribution >= 4 is 0 Å². The van der Waals surface area contributed by atoms with Gasteiger partial charge < -0.3 is 10.6 Å². The van der Waals surface area contributed by atoms with Crippen LogP contribution in [0.25, 0.3) is 0 Å². The lowest BCUT2D eigenvalue weighted by Crippen LogP contribution is -2.49. The second kappa shape index (κ2) is 4.24. The molecular formula is C15H28N2. The molecule has 2 bridgehead atoms. The van der Waals surface area contributed by atoms with Gasteiger partial charge in [-0.2, -0.15) is 0 Å². The maximum atomic E-state index is 6.61. The third-order valence-corrected chi connectivity index (χ3v) is 6.00. The lowest BCUT2D eigenvalue weighted by Gasteiger charge is -2.48. The monoisotopic (exact) mass is 236 g/mol. The van der Waals surface area contributed by atoms with E-state index >= 15 is 0 Å². The average Bonchev–Trinajstić information content (AvgIpc) is 2.83. The van der Waals surface area contributed by atoms with Crippen molar-refractivity contribution < 1.29 is 0 Å². The van der Waals surface area contributed by atoms with Gasteiger partial charge in [0.25, 0.3) is 0 Å². The van der Waals surface area contributed by atoms with E-state index in [1.54, 1.807) is 0 Å². The number of nitrogens with two attached hydrogens (primary N) is 1. The molecule has 3 fully saturated rings. The van der Waals surface area contributed by atoms with Crippen LogP contribution in [0.4, 0.5) is 0 Å². The molecule has 0 aliphatic heterocycles. The molecule has 2 N–H and O–H groups in total. The number of fused-ring (bicyclic) bond motifs is 3. The van der Waals surface area contributed by atoms with Crippen LogP contribution in [0.3, 0.4) is 0 Å².